The molecular formula is C22H25NO4. The summed E-state index contributed by atoms with van der Waals surface area (Å²) >= 11 is 0. The van der Waals surface area contributed by atoms with Gasteiger partial charge in [0.05, 0.1) is 12.5 Å². The number of hydrogen-bond donors (Lipinski definition) is 2. The summed E-state index contributed by atoms with van der Waals surface area (Å²) in [7, 11) is 1.58. The van der Waals surface area contributed by atoms with Gasteiger partial charge in [-0.15, -0.1) is 0 Å². The Morgan fingerprint density at radius 1 is 1.07 bits per heavy atom. The van der Waals surface area contributed by atoms with Crippen LogP contribution in [0.3, 0.4) is 0 Å². The van der Waals surface area contributed by atoms with Gasteiger partial charge in [-0.25, -0.2) is 4.79 Å². The highest BCUT2D eigenvalue weighted by Gasteiger charge is 2.43. The largest absolute Gasteiger partial charge is 0.497 e. The van der Waals surface area contributed by atoms with E-state index in [-0.39, 0.29) is 12.3 Å². The van der Waals surface area contributed by atoms with Gasteiger partial charge < -0.3 is 15.2 Å². The molecule has 2 N–H and O–H groups in total. The summed E-state index contributed by atoms with van der Waals surface area (Å²) in [6.45, 7) is 0. The zero-order valence-electron chi connectivity index (χ0n) is 15.5. The Bertz CT molecular complexity index is 780. The van der Waals surface area contributed by atoms with Crippen molar-refractivity contribution >= 4 is 11.9 Å². The van der Waals surface area contributed by atoms with Crippen LogP contribution in [0.5, 0.6) is 5.75 Å². The van der Waals surface area contributed by atoms with Crippen LogP contribution in [0.1, 0.15) is 36.8 Å². The number of rotatable bonds is 7. The Balaban J connectivity index is 1.78. The van der Waals surface area contributed by atoms with Gasteiger partial charge in [0, 0.05) is 6.42 Å². The lowest BCUT2D eigenvalue weighted by Crippen LogP contribution is -2.50. The number of carbonyl (C=O) groups excluding carboxylic acids is 1. The molecule has 0 heterocycles. The lowest BCUT2D eigenvalue weighted by molar-refractivity contribution is -0.142. The first kappa shape index (κ1) is 19.0. The van der Waals surface area contributed by atoms with Gasteiger partial charge in [0.25, 0.3) is 0 Å². The van der Waals surface area contributed by atoms with Crippen LogP contribution in [-0.2, 0) is 21.4 Å². The van der Waals surface area contributed by atoms with E-state index in [9.17, 15) is 14.7 Å². The van der Waals surface area contributed by atoms with Crippen molar-refractivity contribution in [1.29, 1.82) is 0 Å². The first-order chi connectivity index (χ1) is 13.0. The molecule has 0 saturated heterocycles. The minimum Gasteiger partial charge on any atom is -0.497 e. The first-order valence-electron chi connectivity index (χ1n) is 9.27. The van der Waals surface area contributed by atoms with E-state index in [4.69, 9.17) is 4.74 Å². The van der Waals surface area contributed by atoms with Crippen molar-refractivity contribution in [1.82, 2.24) is 5.32 Å². The Morgan fingerprint density at radius 2 is 1.70 bits per heavy atom. The monoisotopic (exact) mass is 367 g/mol. The molecule has 0 aliphatic heterocycles. The van der Waals surface area contributed by atoms with Crippen LogP contribution < -0.4 is 10.1 Å². The third-order valence-corrected chi connectivity index (χ3v) is 5.42. The fourth-order valence-electron chi connectivity index (χ4n) is 3.88. The lowest BCUT2D eigenvalue weighted by Gasteiger charge is -2.30. The standard InChI is InChI=1S/C22H25NO4/c1-27-18-11-9-16(10-12-18)15-19(20(24)25)23-21(26)22(13-5-6-14-22)17-7-3-2-4-8-17/h2-4,7-12,19H,5-6,13-15H2,1H3,(H,23,26)(H,24,25). The molecule has 0 radical (unpaired) electrons. The van der Waals surface area contributed by atoms with E-state index in [2.05, 4.69) is 5.32 Å². The summed E-state index contributed by atoms with van der Waals surface area (Å²) in [5.41, 5.74) is 1.17. The maximum atomic E-state index is 13.2. The highest BCUT2D eigenvalue weighted by atomic mass is 16.5. The maximum Gasteiger partial charge on any atom is 0.326 e. The zero-order chi connectivity index (χ0) is 19.3. The highest BCUT2D eigenvalue weighted by molar-refractivity contribution is 5.92. The number of ether oxygens (including phenoxy) is 1. The zero-order valence-corrected chi connectivity index (χ0v) is 15.5. The molecule has 142 valence electrons. The van der Waals surface area contributed by atoms with Gasteiger partial charge in [0.15, 0.2) is 0 Å². The second-order valence-electron chi connectivity index (χ2n) is 7.07. The summed E-state index contributed by atoms with van der Waals surface area (Å²) in [5.74, 6) is -0.504. The fourth-order valence-corrected chi connectivity index (χ4v) is 3.88. The van der Waals surface area contributed by atoms with Crippen molar-refractivity contribution in [3.8, 4) is 5.75 Å². The predicted molar refractivity (Wildman–Crippen MR) is 103 cm³/mol. The Morgan fingerprint density at radius 3 is 2.26 bits per heavy atom. The van der Waals surface area contributed by atoms with Gasteiger partial charge >= 0.3 is 5.97 Å². The molecule has 5 nitrogen and oxygen atoms in total. The van der Waals surface area contributed by atoms with Crippen molar-refractivity contribution in [2.45, 2.75) is 43.6 Å². The van der Waals surface area contributed by atoms with Crippen molar-refractivity contribution in [3.05, 3.63) is 65.7 Å². The van der Waals surface area contributed by atoms with Crippen molar-refractivity contribution in [3.63, 3.8) is 0 Å². The number of amides is 1. The molecule has 2 aromatic rings. The van der Waals surface area contributed by atoms with E-state index in [0.29, 0.717) is 5.75 Å². The fraction of sp³-hybridized carbons (Fsp3) is 0.364. The quantitative estimate of drug-likeness (QED) is 0.787. The molecule has 1 fully saturated rings. The third kappa shape index (κ3) is 4.13. The number of benzene rings is 2. The third-order valence-electron chi connectivity index (χ3n) is 5.42. The van der Waals surface area contributed by atoms with E-state index in [0.717, 1.165) is 36.8 Å². The van der Waals surface area contributed by atoms with Gasteiger partial charge in [-0.2, -0.15) is 0 Å². The summed E-state index contributed by atoms with van der Waals surface area (Å²) in [6, 6.07) is 16.0. The molecule has 1 aliphatic carbocycles. The second kappa shape index (κ2) is 8.25. The normalized spacial score (nSPS) is 16.5. The van der Waals surface area contributed by atoms with Crippen molar-refractivity contribution < 1.29 is 19.4 Å². The molecule has 1 saturated carbocycles. The van der Waals surface area contributed by atoms with Crippen LogP contribution in [0.25, 0.3) is 0 Å². The van der Waals surface area contributed by atoms with E-state index in [1.165, 1.54) is 0 Å². The van der Waals surface area contributed by atoms with Crippen LogP contribution in [0.4, 0.5) is 0 Å². The Kier molecular flexibility index (Phi) is 5.79. The molecule has 5 heteroatoms. The van der Waals surface area contributed by atoms with Gasteiger partial charge in [0.1, 0.15) is 11.8 Å². The Labute approximate surface area is 159 Å². The van der Waals surface area contributed by atoms with Gasteiger partial charge in [0.2, 0.25) is 5.91 Å². The first-order valence-corrected chi connectivity index (χ1v) is 9.27. The molecule has 0 spiro atoms. The van der Waals surface area contributed by atoms with Crippen LogP contribution in [0, 0.1) is 0 Å². The predicted octanol–water partition coefficient (Wildman–Crippen LogP) is 3.32. The molecule has 0 aromatic heterocycles. The minimum atomic E-state index is -1.03. The summed E-state index contributed by atoms with van der Waals surface area (Å²) in [4.78, 5) is 25.0. The summed E-state index contributed by atoms with van der Waals surface area (Å²) < 4.78 is 5.13. The number of hydrogen-bond acceptors (Lipinski definition) is 3. The molecule has 1 aliphatic rings. The summed E-state index contributed by atoms with van der Waals surface area (Å²) in [5, 5.41) is 12.4. The van der Waals surface area contributed by atoms with Gasteiger partial charge in [-0.3, -0.25) is 4.79 Å². The van der Waals surface area contributed by atoms with Gasteiger partial charge in [-0.1, -0.05) is 55.3 Å². The smallest absolute Gasteiger partial charge is 0.326 e. The molecule has 27 heavy (non-hydrogen) atoms. The van der Waals surface area contributed by atoms with E-state index in [1.54, 1.807) is 19.2 Å². The SMILES string of the molecule is COc1ccc(CC(NC(=O)C2(c3ccccc3)CCCC2)C(=O)O)cc1. The Hall–Kier alpha value is -2.82. The van der Waals surface area contributed by atoms with Gasteiger partial charge in [-0.05, 0) is 36.1 Å². The van der Waals surface area contributed by atoms with Crippen LogP contribution in [-0.4, -0.2) is 30.1 Å². The molecule has 2 aromatic carbocycles. The van der Waals surface area contributed by atoms with E-state index < -0.39 is 17.4 Å². The van der Waals surface area contributed by atoms with E-state index in [1.807, 2.05) is 42.5 Å². The number of aliphatic carboxylic acids is 1. The van der Waals surface area contributed by atoms with Crippen LogP contribution >= 0.6 is 0 Å². The average Bonchev–Trinajstić information content (AvgIpc) is 3.20. The number of methoxy groups -OCH3 is 1. The summed E-state index contributed by atoms with van der Waals surface area (Å²) in [6.07, 6.45) is 3.67. The number of nitrogens with one attached hydrogen (secondary N) is 1. The maximum absolute atomic E-state index is 13.2. The van der Waals surface area contributed by atoms with Crippen molar-refractivity contribution in [2.24, 2.45) is 0 Å². The molecule has 1 unspecified atom stereocenters. The topological polar surface area (TPSA) is 75.6 Å². The number of carboxylic acids is 1. The molecule has 3 rings (SSSR count). The average molecular weight is 367 g/mol. The number of carboxylic acid groups (broad SMARTS) is 1. The molecule has 0 bridgehead atoms. The van der Waals surface area contributed by atoms with Crippen molar-refractivity contribution in [2.75, 3.05) is 7.11 Å². The number of carbonyl (C=O) groups is 2. The molecule has 1 amide bonds. The van der Waals surface area contributed by atoms with E-state index >= 15 is 0 Å². The lowest BCUT2D eigenvalue weighted by atomic mass is 9.77. The van der Waals surface area contributed by atoms with Crippen LogP contribution in [0.15, 0.2) is 54.6 Å². The second-order valence-corrected chi connectivity index (χ2v) is 7.07. The molecule has 1 atom stereocenters. The highest BCUT2D eigenvalue weighted by Crippen LogP contribution is 2.41. The minimum absolute atomic E-state index is 0.188. The van der Waals surface area contributed by atoms with Crippen LogP contribution in [0.2, 0.25) is 0 Å². The molecular weight excluding hydrogens is 342 g/mol.